The second kappa shape index (κ2) is 7.41. The van der Waals surface area contributed by atoms with Crippen LogP contribution < -0.4 is 4.74 Å². The lowest BCUT2D eigenvalue weighted by Gasteiger charge is -2.01. The Hall–Kier alpha value is -2.38. The molecule has 0 radical (unpaired) electrons. The van der Waals surface area contributed by atoms with Crippen LogP contribution in [0.3, 0.4) is 0 Å². The van der Waals surface area contributed by atoms with Gasteiger partial charge in [0.15, 0.2) is 12.4 Å². The van der Waals surface area contributed by atoms with Crippen molar-refractivity contribution in [2.75, 3.05) is 6.61 Å². The molecule has 0 N–H and O–H groups in total. The maximum absolute atomic E-state index is 12.0. The molecule has 2 rings (SSSR count). The summed E-state index contributed by atoms with van der Waals surface area (Å²) in [4.78, 5) is 12.0. The number of hydrogen-bond donors (Lipinski definition) is 0. The fraction of sp³-hybridized carbons (Fsp3) is 0.0588. The molecule has 104 valence electrons. The van der Waals surface area contributed by atoms with Crippen molar-refractivity contribution in [1.82, 2.24) is 0 Å². The second-order valence-corrected chi connectivity index (χ2v) is 5.14. The van der Waals surface area contributed by atoms with Gasteiger partial charge in [0, 0.05) is 10.0 Å². The van der Waals surface area contributed by atoms with Gasteiger partial charge in [-0.3, -0.25) is 4.79 Å². The lowest BCUT2D eigenvalue weighted by Crippen LogP contribution is -1.96. The highest BCUT2D eigenvalue weighted by molar-refractivity contribution is 9.10. The zero-order valence-electron chi connectivity index (χ0n) is 11.1. The number of allylic oxidation sites excluding steroid dienone is 1. The molecule has 0 aliphatic rings. The zero-order valence-corrected chi connectivity index (χ0v) is 12.7. The first kappa shape index (κ1) is 15.0. The molecule has 0 heterocycles. The molecule has 0 saturated heterocycles. The van der Waals surface area contributed by atoms with Gasteiger partial charge < -0.3 is 4.74 Å². The summed E-state index contributed by atoms with van der Waals surface area (Å²) in [5, 5.41) is 8.42. The minimum atomic E-state index is -0.0789. The minimum absolute atomic E-state index is 0.00321. The van der Waals surface area contributed by atoms with Crippen molar-refractivity contribution in [1.29, 1.82) is 5.26 Å². The summed E-state index contributed by atoms with van der Waals surface area (Å²) in [6, 6.07) is 16.3. The minimum Gasteiger partial charge on any atom is -0.479 e. The van der Waals surface area contributed by atoms with Gasteiger partial charge in [-0.05, 0) is 48.0 Å². The van der Waals surface area contributed by atoms with E-state index < -0.39 is 0 Å². The van der Waals surface area contributed by atoms with Crippen molar-refractivity contribution in [3.8, 4) is 11.8 Å². The van der Waals surface area contributed by atoms with Gasteiger partial charge >= 0.3 is 0 Å². The van der Waals surface area contributed by atoms with Crippen LogP contribution in [0.1, 0.15) is 15.9 Å². The molecule has 0 aromatic heterocycles. The third kappa shape index (κ3) is 4.59. The predicted octanol–water partition coefficient (Wildman–Crippen LogP) is 4.25. The first-order valence-corrected chi connectivity index (χ1v) is 7.06. The topological polar surface area (TPSA) is 50.1 Å². The summed E-state index contributed by atoms with van der Waals surface area (Å²) in [7, 11) is 0. The Kier molecular flexibility index (Phi) is 5.30. The van der Waals surface area contributed by atoms with Crippen molar-refractivity contribution >= 4 is 27.8 Å². The quantitative estimate of drug-likeness (QED) is 0.603. The number of rotatable bonds is 5. The van der Waals surface area contributed by atoms with E-state index in [2.05, 4.69) is 15.9 Å². The smallest absolute Gasteiger partial charge is 0.185 e. The largest absolute Gasteiger partial charge is 0.479 e. The Morgan fingerprint density at radius 3 is 2.43 bits per heavy atom. The molecule has 0 fully saturated rings. The molecular formula is C17H12BrNO2. The molecule has 0 atom stereocenters. The van der Waals surface area contributed by atoms with E-state index in [0.29, 0.717) is 11.3 Å². The molecule has 0 aliphatic carbocycles. The van der Waals surface area contributed by atoms with Crippen LogP contribution in [-0.2, 0) is 0 Å². The first-order chi connectivity index (χ1) is 10.2. The fourth-order valence-corrected chi connectivity index (χ4v) is 1.94. The highest BCUT2D eigenvalue weighted by Gasteiger charge is 2.02. The van der Waals surface area contributed by atoms with Crippen LogP contribution in [0.2, 0.25) is 0 Å². The van der Waals surface area contributed by atoms with Gasteiger partial charge in [0.1, 0.15) is 11.8 Å². The molecule has 0 spiro atoms. The highest BCUT2D eigenvalue weighted by Crippen LogP contribution is 2.14. The molecule has 0 bridgehead atoms. The number of nitrogens with zero attached hydrogens (tertiary/aromatic N) is 1. The van der Waals surface area contributed by atoms with Crippen LogP contribution in [0.5, 0.6) is 5.75 Å². The van der Waals surface area contributed by atoms with Gasteiger partial charge in [-0.25, -0.2) is 0 Å². The van der Waals surface area contributed by atoms with E-state index >= 15 is 0 Å². The van der Waals surface area contributed by atoms with Crippen molar-refractivity contribution in [3.63, 3.8) is 0 Å². The summed E-state index contributed by atoms with van der Waals surface area (Å²) < 4.78 is 6.13. The van der Waals surface area contributed by atoms with E-state index in [0.717, 1.165) is 10.0 Å². The van der Waals surface area contributed by atoms with Gasteiger partial charge in [0.05, 0.1) is 0 Å². The monoisotopic (exact) mass is 341 g/mol. The number of benzene rings is 2. The van der Waals surface area contributed by atoms with Gasteiger partial charge in [-0.2, -0.15) is 5.26 Å². The number of hydrogen-bond acceptors (Lipinski definition) is 3. The number of nitriles is 1. The number of halogens is 1. The zero-order chi connectivity index (χ0) is 15.1. The Labute approximate surface area is 131 Å². The average molecular weight is 342 g/mol. The molecule has 2 aromatic rings. The number of ether oxygens (including phenoxy) is 1. The Morgan fingerprint density at radius 1 is 1.14 bits per heavy atom. The summed E-state index contributed by atoms with van der Waals surface area (Å²) in [6.45, 7) is -0.00321. The van der Waals surface area contributed by atoms with E-state index in [1.807, 2.05) is 30.3 Å². The van der Waals surface area contributed by atoms with Crippen molar-refractivity contribution < 1.29 is 9.53 Å². The fourth-order valence-electron chi connectivity index (χ4n) is 1.67. The second-order valence-electron chi connectivity index (χ2n) is 4.22. The van der Waals surface area contributed by atoms with Gasteiger partial charge in [-0.1, -0.05) is 34.1 Å². The average Bonchev–Trinajstić information content (AvgIpc) is 2.52. The molecular weight excluding hydrogens is 330 g/mol. The lowest BCUT2D eigenvalue weighted by molar-refractivity contribution is 0.104. The van der Waals surface area contributed by atoms with E-state index in [-0.39, 0.29) is 12.4 Å². The molecule has 0 unspecified atom stereocenters. The lowest BCUT2D eigenvalue weighted by atomic mass is 10.1. The number of ketones is 1. The van der Waals surface area contributed by atoms with Crippen LogP contribution >= 0.6 is 15.9 Å². The van der Waals surface area contributed by atoms with Gasteiger partial charge in [-0.15, -0.1) is 0 Å². The van der Waals surface area contributed by atoms with Crippen molar-refractivity contribution in [2.45, 2.75) is 0 Å². The van der Waals surface area contributed by atoms with Crippen LogP contribution in [0, 0.1) is 11.3 Å². The predicted molar refractivity (Wildman–Crippen MR) is 85.1 cm³/mol. The summed E-state index contributed by atoms with van der Waals surface area (Å²) >= 11 is 3.36. The Bertz CT molecular complexity index is 682. The normalized spacial score (nSPS) is 10.3. The number of carbonyl (C=O) groups is 1. The van der Waals surface area contributed by atoms with E-state index in [1.54, 1.807) is 30.3 Å². The van der Waals surface area contributed by atoms with Crippen molar-refractivity contribution in [2.24, 2.45) is 0 Å². The number of carbonyl (C=O) groups excluding carboxylic acids is 1. The third-order valence-corrected chi connectivity index (χ3v) is 3.27. The van der Waals surface area contributed by atoms with E-state index in [4.69, 9.17) is 10.00 Å². The van der Waals surface area contributed by atoms with Crippen molar-refractivity contribution in [3.05, 3.63) is 70.2 Å². The van der Waals surface area contributed by atoms with E-state index in [9.17, 15) is 4.79 Å². The molecule has 0 saturated carbocycles. The standard InChI is InChI=1S/C17H12BrNO2/c18-15-6-1-13(2-7-15)3-10-17(20)14-4-8-16(9-5-14)21-12-11-19/h1-10H,12H2. The highest BCUT2D eigenvalue weighted by atomic mass is 79.9. The third-order valence-electron chi connectivity index (χ3n) is 2.74. The Balaban J connectivity index is 2.03. The summed E-state index contributed by atoms with van der Waals surface area (Å²) in [5.74, 6) is 0.495. The maximum atomic E-state index is 12.0. The molecule has 21 heavy (non-hydrogen) atoms. The molecule has 3 nitrogen and oxygen atoms in total. The molecule has 0 aliphatic heterocycles. The van der Waals surface area contributed by atoms with Gasteiger partial charge in [0.25, 0.3) is 0 Å². The molecule has 4 heteroatoms. The van der Waals surface area contributed by atoms with Crippen LogP contribution in [0.25, 0.3) is 6.08 Å². The SMILES string of the molecule is N#CCOc1ccc(C(=O)C=Cc2ccc(Br)cc2)cc1. The van der Waals surface area contributed by atoms with Crippen LogP contribution in [0.15, 0.2) is 59.1 Å². The summed E-state index contributed by atoms with van der Waals surface area (Å²) in [5.41, 5.74) is 1.54. The maximum Gasteiger partial charge on any atom is 0.185 e. The summed E-state index contributed by atoms with van der Waals surface area (Å²) in [6.07, 6.45) is 3.31. The molecule has 0 amide bonds. The first-order valence-electron chi connectivity index (χ1n) is 6.27. The van der Waals surface area contributed by atoms with Crippen LogP contribution in [-0.4, -0.2) is 12.4 Å². The van der Waals surface area contributed by atoms with Gasteiger partial charge in [0.2, 0.25) is 0 Å². The molecule has 2 aromatic carbocycles. The van der Waals surface area contributed by atoms with E-state index in [1.165, 1.54) is 6.08 Å². The Morgan fingerprint density at radius 2 is 1.81 bits per heavy atom. The van der Waals surface area contributed by atoms with Crippen LogP contribution in [0.4, 0.5) is 0 Å².